The van der Waals surface area contributed by atoms with E-state index in [0.29, 0.717) is 27.8 Å². The SMILES string of the molecule is CC(=O)ON=C1Oc2c(ccc3c2c2cc(C(=O)c4ccccc4C)ccc2n3-c2ccccc2)C1=O. The van der Waals surface area contributed by atoms with E-state index in [9.17, 15) is 14.4 Å². The Morgan fingerprint density at radius 1 is 0.892 bits per heavy atom. The number of carbonyl (C=O) groups is 3. The zero-order chi connectivity index (χ0) is 25.7. The highest BCUT2D eigenvalue weighted by Crippen LogP contribution is 2.42. The van der Waals surface area contributed by atoms with Crippen LogP contribution in [0.2, 0.25) is 0 Å². The molecule has 1 aliphatic rings. The lowest BCUT2D eigenvalue weighted by Gasteiger charge is -2.08. The lowest BCUT2D eigenvalue weighted by Crippen LogP contribution is -2.13. The second-order valence-electron chi connectivity index (χ2n) is 8.79. The van der Waals surface area contributed by atoms with E-state index in [1.54, 1.807) is 6.07 Å². The molecule has 37 heavy (non-hydrogen) atoms. The molecule has 0 saturated heterocycles. The van der Waals surface area contributed by atoms with Crippen molar-refractivity contribution in [1.29, 1.82) is 0 Å². The Morgan fingerprint density at radius 3 is 2.38 bits per heavy atom. The van der Waals surface area contributed by atoms with Crippen LogP contribution in [0.15, 0.2) is 90.1 Å². The van der Waals surface area contributed by atoms with Gasteiger partial charge in [-0.2, -0.15) is 0 Å². The number of nitrogens with zero attached hydrogens (tertiary/aromatic N) is 2. The first-order valence-corrected chi connectivity index (χ1v) is 11.7. The summed E-state index contributed by atoms with van der Waals surface area (Å²) in [7, 11) is 0. The van der Waals surface area contributed by atoms with Crippen LogP contribution in [-0.2, 0) is 9.63 Å². The van der Waals surface area contributed by atoms with Gasteiger partial charge in [0.25, 0.3) is 5.78 Å². The molecule has 0 aliphatic carbocycles. The molecule has 0 radical (unpaired) electrons. The van der Waals surface area contributed by atoms with Crippen molar-refractivity contribution in [3.8, 4) is 11.4 Å². The molecule has 0 atom stereocenters. The van der Waals surface area contributed by atoms with Crippen LogP contribution >= 0.6 is 0 Å². The van der Waals surface area contributed by atoms with Crippen LogP contribution in [0.5, 0.6) is 5.75 Å². The largest absolute Gasteiger partial charge is 0.432 e. The molecule has 4 aromatic carbocycles. The Labute approximate surface area is 211 Å². The zero-order valence-electron chi connectivity index (χ0n) is 20.0. The van der Waals surface area contributed by atoms with Gasteiger partial charge in [0, 0.05) is 29.1 Å². The lowest BCUT2D eigenvalue weighted by molar-refractivity contribution is -0.141. The summed E-state index contributed by atoms with van der Waals surface area (Å²) in [5.74, 6) is -1.24. The number of hydrogen-bond donors (Lipinski definition) is 0. The number of ether oxygens (including phenoxy) is 1. The van der Waals surface area contributed by atoms with Gasteiger partial charge in [-0.25, -0.2) is 4.79 Å². The number of fused-ring (bicyclic) bond motifs is 5. The number of hydrogen-bond acceptors (Lipinski definition) is 6. The highest BCUT2D eigenvalue weighted by atomic mass is 16.7. The zero-order valence-corrected chi connectivity index (χ0v) is 20.0. The fourth-order valence-corrected chi connectivity index (χ4v) is 4.77. The molecule has 7 heteroatoms. The van der Waals surface area contributed by atoms with Crippen molar-refractivity contribution in [3.05, 3.63) is 107 Å². The van der Waals surface area contributed by atoms with Crippen molar-refractivity contribution < 1.29 is 24.0 Å². The van der Waals surface area contributed by atoms with Gasteiger partial charge in [-0.3, -0.25) is 9.59 Å². The van der Waals surface area contributed by atoms with Crippen molar-refractivity contribution in [2.75, 3.05) is 0 Å². The van der Waals surface area contributed by atoms with Crippen LogP contribution in [0.25, 0.3) is 27.5 Å². The second kappa shape index (κ2) is 8.57. The van der Waals surface area contributed by atoms with E-state index >= 15 is 0 Å². The summed E-state index contributed by atoms with van der Waals surface area (Å²) < 4.78 is 7.93. The summed E-state index contributed by atoms with van der Waals surface area (Å²) in [5.41, 5.74) is 4.89. The van der Waals surface area contributed by atoms with Gasteiger partial charge in [0.1, 0.15) is 0 Å². The first-order valence-electron chi connectivity index (χ1n) is 11.7. The van der Waals surface area contributed by atoms with Crippen LogP contribution in [0.3, 0.4) is 0 Å². The van der Waals surface area contributed by atoms with Gasteiger partial charge in [-0.05, 0) is 60.1 Å². The molecule has 6 rings (SSSR count). The quantitative estimate of drug-likeness (QED) is 0.182. The molecule has 0 bridgehead atoms. The van der Waals surface area contributed by atoms with E-state index in [4.69, 9.17) is 4.74 Å². The topological polar surface area (TPSA) is 87.0 Å². The standard InChI is InChI=1S/C30H20N2O5/c1-17-8-6-7-11-21(17)27(34)19-12-14-24-23(16-19)26-25(32(24)20-9-4-3-5-10-20)15-13-22-28(35)30(36-29(22)26)31-37-18(2)33/h3-16H,1-2H3. The van der Waals surface area contributed by atoms with E-state index in [1.807, 2.05) is 85.8 Å². The van der Waals surface area contributed by atoms with Gasteiger partial charge in [0.05, 0.1) is 22.0 Å². The summed E-state index contributed by atoms with van der Waals surface area (Å²) in [6.45, 7) is 3.10. The molecular formula is C30H20N2O5. The van der Waals surface area contributed by atoms with Gasteiger partial charge in [0.15, 0.2) is 11.5 Å². The molecule has 0 spiro atoms. The Hall–Kier alpha value is -5.04. The molecule has 1 aliphatic heterocycles. The minimum absolute atomic E-state index is 0.0951. The maximum atomic E-state index is 13.5. The van der Waals surface area contributed by atoms with Gasteiger partial charge < -0.3 is 14.1 Å². The maximum absolute atomic E-state index is 13.5. The van der Waals surface area contributed by atoms with Gasteiger partial charge in [0.2, 0.25) is 0 Å². The first-order chi connectivity index (χ1) is 17.9. The predicted molar refractivity (Wildman–Crippen MR) is 140 cm³/mol. The van der Waals surface area contributed by atoms with E-state index < -0.39 is 11.8 Å². The first kappa shape index (κ1) is 22.4. The van der Waals surface area contributed by atoms with E-state index in [0.717, 1.165) is 27.7 Å². The van der Waals surface area contributed by atoms with Crippen LogP contribution < -0.4 is 4.74 Å². The molecule has 7 nitrogen and oxygen atoms in total. The van der Waals surface area contributed by atoms with Crippen molar-refractivity contribution in [2.45, 2.75) is 13.8 Å². The number of carbonyl (C=O) groups excluding carboxylic acids is 3. The molecule has 0 amide bonds. The normalized spacial score (nSPS) is 13.7. The van der Waals surface area contributed by atoms with Crippen molar-refractivity contribution in [3.63, 3.8) is 0 Å². The summed E-state index contributed by atoms with van der Waals surface area (Å²) in [4.78, 5) is 42.3. The third kappa shape index (κ3) is 3.60. The number of aromatic nitrogens is 1. The highest BCUT2D eigenvalue weighted by Gasteiger charge is 2.34. The molecule has 0 fully saturated rings. The Kier molecular flexibility index (Phi) is 5.19. The van der Waals surface area contributed by atoms with E-state index in [2.05, 4.69) is 14.6 Å². The van der Waals surface area contributed by atoms with E-state index in [1.165, 1.54) is 6.92 Å². The van der Waals surface area contributed by atoms with E-state index in [-0.39, 0.29) is 11.7 Å². The van der Waals surface area contributed by atoms with Crippen molar-refractivity contribution >= 4 is 45.2 Å². The molecule has 1 aromatic heterocycles. The maximum Gasteiger partial charge on any atom is 0.332 e. The van der Waals surface area contributed by atoms with Gasteiger partial charge in [-0.1, -0.05) is 42.5 Å². The minimum Gasteiger partial charge on any atom is -0.432 e. The van der Waals surface area contributed by atoms with Crippen LogP contribution in [-0.4, -0.2) is 28.0 Å². The number of aryl methyl sites for hydroxylation is 1. The Balaban J connectivity index is 1.63. The van der Waals surface area contributed by atoms with Crippen molar-refractivity contribution in [1.82, 2.24) is 4.57 Å². The van der Waals surface area contributed by atoms with Gasteiger partial charge >= 0.3 is 11.9 Å². The number of Topliss-reactive ketones (excluding diaryl/α,β-unsaturated/α-hetero) is 1. The molecule has 0 N–H and O–H groups in total. The average Bonchev–Trinajstić information content (AvgIpc) is 3.41. The molecule has 180 valence electrons. The molecule has 0 unspecified atom stereocenters. The predicted octanol–water partition coefficient (Wildman–Crippen LogP) is 5.77. The van der Waals surface area contributed by atoms with Crippen LogP contribution in [0, 0.1) is 6.92 Å². The molecular weight excluding hydrogens is 468 g/mol. The smallest absolute Gasteiger partial charge is 0.332 e. The summed E-state index contributed by atoms with van der Waals surface area (Å²) in [6, 6.07) is 26.3. The van der Waals surface area contributed by atoms with Gasteiger partial charge in [-0.15, -0.1) is 0 Å². The average molecular weight is 488 g/mol. The van der Waals surface area contributed by atoms with Crippen LogP contribution in [0.1, 0.15) is 38.8 Å². The lowest BCUT2D eigenvalue weighted by atomic mass is 9.97. The fourth-order valence-electron chi connectivity index (χ4n) is 4.77. The number of rotatable bonds is 4. The fraction of sp³-hybridized carbons (Fsp3) is 0.0667. The highest BCUT2D eigenvalue weighted by molar-refractivity contribution is 6.47. The summed E-state index contributed by atoms with van der Waals surface area (Å²) >= 11 is 0. The Morgan fingerprint density at radius 2 is 1.62 bits per heavy atom. The number of benzene rings is 4. The monoisotopic (exact) mass is 488 g/mol. The van der Waals surface area contributed by atoms with Crippen molar-refractivity contribution in [2.24, 2.45) is 5.16 Å². The second-order valence-corrected chi connectivity index (χ2v) is 8.79. The number of oxime groups is 1. The molecule has 2 heterocycles. The Bertz CT molecular complexity index is 1800. The summed E-state index contributed by atoms with van der Waals surface area (Å²) in [6.07, 6.45) is 0. The number of ketones is 2. The number of para-hydroxylation sites is 1. The summed E-state index contributed by atoms with van der Waals surface area (Å²) in [5, 5.41) is 5.01. The molecule has 0 saturated carbocycles. The third-order valence-corrected chi connectivity index (χ3v) is 6.44. The third-order valence-electron chi connectivity index (χ3n) is 6.44. The van der Waals surface area contributed by atoms with Crippen LogP contribution in [0.4, 0.5) is 0 Å². The minimum atomic E-state index is -0.662. The molecule has 5 aromatic rings.